The third-order valence-electron chi connectivity index (χ3n) is 5.17. The summed E-state index contributed by atoms with van der Waals surface area (Å²) in [5, 5.41) is 0. The first-order chi connectivity index (χ1) is 12.5. The first kappa shape index (κ1) is 19.5. The van der Waals surface area contributed by atoms with Crippen LogP contribution >= 0.6 is 0 Å². The number of hydrogen-bond donors (Lipinski definition) is 0. The van der Waals surface area contributed by atoms with Gasteiger partial charge in [0.25, 0.3) is 0 Å². The molecular weight excluding hydrogens is 354 g/mol. The van der Waals surface area contributed by atoms with Crippen molar-refractivity contribution in [2.24, 2.45) is 5.92 Å². The molecule has 2 fully saturated rings. The summed E-state index contributed by atoms with van der Waals surface area (Å²) < 4.78 is 45.1. The van der Waals surface area contributed by atoms with Crippen LogP contribution < -0.4 is 9.47 Å². The molecule has 146 valence electrons. The lowest BCUT2D eigenvalue weighted by atomic mass is 10.1. The first-order valence-electron chi connectivity index (χ1n) is 9.37. The van der Waals surface area contributed by atoms with Crippen LogP contribution in [0, 0.1) is 5.92 Å². The van der Waals surface area contributed by atoms with E-state index in [1.807, 2.05) is 0 Å². The van der Waals surface area contributed by atoms with Gasteiger partial charge >= 0.3 is 0 Å². The van der Waals surface area contributed by atoms with Gasteiger partial charge in [-0.2, -0.15) is 4.31 Å². The second-order valence-corrected chi connectivity index (χ2v) is 9.02. The minimum absolute atomic E-state index is 0.00279. The Morgan fingerprint density at radius 3 is 2.58 bits per heavy atom. The molecule has 1 saturated heterocycles. The number of nitrogens with zero attached hydrogens (tertiary/aromatic N) is 1. The highest BCUT2D eigenvalue weighted by molar-refractivity contribution is 7.89. The number of morpholine rings is 1. The van der Waals surface area contributed by atoms with Crippen molar-refractivity contribution in [1.82, 2.24) is 4.31 Å². The van der Waals surface area contributed by atoms with Crippen LogP contribution in [-0.4, -0.2) is 52.2 Å². The molecule has 0 bridgehead atoms. The predicted octanol–water partition coefficient (Wildman–Crippen LogP) is 3.06. The summed E-state index contributed by atoms with van der Waals surface area (Å²) in [6.07, 6.45) is 5.21. The van der Waals surface area contributed by atoms with Crippen LogP contribution in [0.5, 0.6) is 11.5 Å². The molecule has 1 aliphatic heterocycles. The average Bonchev–Trinajstić information content (AvgIpc) is 3.50. The van der Waals surface area contributed by atoms with E-state index >= 15 is 0 Å². The van der Waals surface area contributed by atoms with Gasteiger partial charge in [-0.15, -0.1) is 0 Å². The van der Waals surface area contributed by atoms with Crippen molar-refractivity contribution in [1.29, 1.82) is 0 Å². The lowest BCUT2D eigenvalue weighted by Gasteiger charge is -2.38. The van der Waals surface area contributed by atoms with E-state index in [9.17, 15) is 8.42 Å². The second-order valence-electron chi connectivity index (χ2n) is 7.12. The Labute approximate surface area is 156 Å². The van der Waals surface area contributed by atoms with Gasteiger partial charge in [0.2, 0.25) is 10.0 Å². The maximum Gasteiger partial charge on any atom is 0.247 e. The average molecular weight is 384 g/mol. The van der Waals surface area contributed by atoms with E-state index in [2.05, 4.69) is 6.92 Å². The van der Waals surface area contributed by atoms with Gasteiger partial charge in [-0.05, 0) is 37.3 Å². The lowest BCUT2D eigenvalue weighted by Crippen LogP contribution is -2.50. The Kier molecular flexibility index (Phi) is 6.10. The van der Waals surface area contributed by atoms with Crippen molar-refractivity contribution in [3.8, 4) is 11.5 Å². The number of methoxy groups -OCH3 is 2. The van der Waals surface area contributed by atoms with Crippen molar-refractivity contribution in [3.63, 3.8) is 0 Å². The maximum absolute atomic E-state index is 13.4. The summed E-state index contributed by atoms with van der Waals surface area (Å²) in [6, 6.07) is 4.88. The van der Waals surface area contributed by atoms with Crippen molar-refractivity contribution in [3.05, 3.63) is 18.2 Å². The highest BCUT2D eigenvalue weighted by Crippen LogP contribution is 2.39. The predicted molar refractivity (Wildman–Crippen MR) is 99.2 cm³/mol. The SMILES string of the molecule is CCCC[C@@H]1CN(S(=O)(=O)c2cc(OC)ccc2OC)C[C@H](C2CC2)O1. The van der Waals surface area contributed by atoms with E-state index in [1.165, 1.54) is 20.3 Å². The van der Waals surface area contributed by atoms with Crippen molar-refractivity contribution in [2.75, 3.05) is 27.3 Å². The molecule has 3 rings (SSSR count). The molecule has 6 nitrogen and oxygen atoms in total. The molecule has 0 N–H and O–H groups in total. The second kappa shape index (κ2) is 8.15. The normalized spacial score (nSPS) is 24.4. The third-order valence-corrected chi connectivity index (χ3v) is 7.03. The quantitative estimate of drug-likeness (QED) is 0.690. The molecule has 1 aliphatic carbocycles. The summed E-state index contributed by atoms with van der Waals surface area (Å²) in [4.78, 5) is 0.157. The van der Waals surface area contributed by atoms with E-state index in [4.69, 9.17) is 14.2 Å². The van der Waals surface area contributed by atoms with Crippen LogP contribution in [0.15, 0.2) is 23.1 Å². The molecule has 1 saturated carbocycles. The molecule has 2 atom stereocenters. The van der Waals surface area contributed by atoms with Crippen LogP contribution in [0.1, 0.15) is 39.0 Å². The molecule has 2 aliphatic rings. The van der Waals surface area contributed by atoms with Crippen LogP contribution in [0.3, 0.4) is 0 Å². The number of hydrogen-bond acceptors (Lipinski definition) is 5. The Bertz CT molecular complexity index is 717. The van der Waals surface area contributed by atoms with Crippen molar-refractivity contribution >= 4 is 10.0 Å². The number of benzene rings is 1. The fourth-order valence-electron chi connectivity index (χ4n) is 3.48. The van der Waals surface area contributed by atoms with E-state index in [-0.39, 0.29) is 17.1 Å². The highest BCUT2D eigenvalue weighted by atomic mass is 32.2. The summed E-state index contributed by atoms with van der Waals surface area (Å²) in [5.74, 6) is 1.33. The van der Waals surface area contributed by atoms with E-state index < -0.39 is 10.0 Å². The maximum atomic E-state index is 13.4. The number of rotatable bonds is 8. The van der Waals surface area contributed by atoms with Crippen LogP contribution in [-0.2, 0) is 14.8 Å². The molecule has 1 aromatic rings. The molecule has 7 heteroatoms. The van der Waals surface area contributed by atoms with Crippen molar-refractivity contribution in [2.45, 2.75) is 56.1 Å². The Morgan fingerprint density at radius 2 is 1.96 bits per heavy atom. The number of sulfonamides is 1. The van der Waals surface area contributed by atoms with Crippen LogP contribution in [0.4, 0.5) is 0 Å². The Morgan fingerprint density at radius 1 is 1.19 bits per heavy atom. The van der Waals surface area contributed by atoms with Gasteiger partial charge in [0.15, 0.2) is 0 Å². The summed E-state index contributed by atoms with van der Waals surface area (Å²) >= 11 is 0. The van der Waals surface area contributed by atoms with E-state index in [0.717, 1.165) is 32.1 Å². The van der Waals surface area contributed by atoms with Gasteiger partial charge in [-0.3, -0.25) is 0 Å². The molecule has 0 amide bonds. The van der Waals surface area contributed by atoms with Crippen LogP contribution in [0.25, 0.3) is 0 Å². The highest BCUT2D eigenvalue weighted by Gasteiger charge is 2.42. The summed E-state index contributed by atoms with van der Waals surface area (Å²) in [7, 11) is -0.678. The fourth-order valence-corrected chi connectivity index (χ4v) is 5.13. The monoisotopic (exact) mass is 383 g/mol. The zero-order valence-electron chi connectivity index (χ0n) is 15.8. The molecule has 0 aromatic heterocycles. The van der Waals surface area contributed by atoms with Gasteiger partial charge < -0.3 is 14.2 Å². The number of ether oxygens (including phenoxy) is 3. The largest absolute Gasteiger partial charge is 0.497 e. The molecule has 26 heavy (non-hydrogen) atoms. The molecule has 1 aromatic carbocycles. The first-order valence-corrected chi connectivity index (χ1v) is 10.8. The smallest absolute Gasteiger partial charge is 0.247 e. The topological polar surface area (TPSA) is 65.1 Å². The van der Waals surface area contributed by atoms with Crippen molar-refractivity contribution < 1.29 is 22.6 Å². The van der Waals surface area contributed by atoms with Crippen LogP contribution in [0.2, 0.25) is 0 Å². The van der Waals surface area contributed by atoms with Gasteiger partial charge in [0, 0.05) is 19.2 Å². The van der Waals surface area contributed by atoms with Gasteiger partial charge in [0.1, 0.15) is 16.4 Å². The third kappa shape index (κ3) is 4.15. The number of unbranched alkanes of at least 4 members (excludes halogenated alkanes) is 1. The molecule has 0 spiro atoms. The fraction of sp³-hybridized carbons (Fsp3) is 0.684. The van der Waals surface area contributed by atoms with Gasteiger partial charge in [-0.1, -0.05) is 19.8 Å². The molecule has 0 radical (unpaired) electrons. The molecule has 0 unspecified atom stereocenters. The van der Waals surface area contributed by atoms with E-state index in [0.29, 0.717) is 30.5 Å². The Hall–Kier alpha value is -1.31. The minimum atomic E-state index is -3.69. The lowest BCUT2D eigenvalue weighted by molar-refractivity contribution is -0.0761. The van der Waals surface area contributed by atoms with Gasteiger partial charge in [-0.25, -0.2) is 8.42 Å². The summed E-state index contributed by atoms with van der Waals surface area (Å²) in [5.41, 5.74) is 0. The standard InChI is InChI=1S/C19H29NO5S/c1-4-5-6-16-12-20(13-18(25-16)14-7-8-14)26(21,22)19-11-15(23-2)9-10-17(19)24-3/h9-11,14,16,18H,4-8,12-13H2,1-3H3/t16-,18-/m1/s1. The zero-order valence-corrected chi connectivity index (χ0v) is 16.6. The molecular formula is C19H29NO5S. The Balaban J connectivity index is 1.89. The zero-order chi connectivity index (χ0) is 18.7. The minimum Gasteiger partial charge on any atom is -0.497 e. The van der Waals surface area contributed by atoms with Gasteiger partial charge in [0.05, 0.1) is 26.4 Å². The molecule has 1 heterocycles. The van der Waals surface area contributed by atoms with E-state index in [1.54, 1.807) is 16.4 Å². The summed E-state index contributed by atoms with van der Waals surface area (Å²) in [6.45, 7) is 2.94.